The van der Waals surface area contributed by atoms with Crippen molar-refractivity contribution in [2.45, 2.75) is 65.5 Å². The van der Waals surface area contributed by atoms with Crippen LogP contribution in [0.4, 0.5) is 0 Å². The predicted molar refractivity (Wildman–Crippen MR) is 76.7 cm³/mol. The smallest absolute Gasteiger partial charge is 0.329 e. The Labute approximate surface area is 116 Å². The average Bonchev–Trinajstić information content (AvgIpc) is 2.30. The topological polar surface area (TPSA) is 55.4 Å². The van der Waals surface area contributed by atoms with Gasteiger partial charge in [-0.05, 0) is 33.1 Å². The van der Waals surface area contributed by atoms with Gasteiger partial charge in [-0.1, -0.05) is 26.3 Å². The van der Waals surface area contributed by atoms with Crippen LogP contribution in [0.15, 0.2) is 12.7 Å². The minimum atomic E-state index is -0.582. The van der Waals surface area contributed by atoms with Crippen LogP contribution >= 0.6 is 0 Å². The van der Waals surface area contributed by atoms with E-state index in [2.05, 4.69) is 11.9 Å². The van der Waals surface area contributed by atoms with Gasteiger partial charge in [-0.25, -0.2) is 4.79 Å². The molecule has 2 atom stereocenters. The van der Waals surface area contributed by atoms with E-state index in [-0.39, 0.29) is 17.8 Å². The van der Waals surface area contributed by atoms with Crippen LogP contribution in [0.5, 0.6) is 0 Å². The molecule has 0 saturated heterocycles. The van der Waals surface area contributed by atoms with Gasteiger partial charge >= 0.3 is 5.97 Å². The summed E-state index contributed by atoms with van der Waals surface area (Å²) in [5.41, 5.74) is -0.547. The van der Waals surface area contributed by atoms with E-state index in [0.29, 0.717) is 12.8 Å². The van der Waals surface area contributed by atoms with E-state index in [1.165, 1.54) is 0 Å². The van der Waals surface area contributed by atoms with Crippen LogP contribution in [0.25, 0.3) is 0 Å². The number of rotatable bonds is 7. The lowest BCUT2D eigenvalue weighted by Crippen LogP contribution is -2.47. The molecule has 0 unspecified atom stereocenters. The maximum Gasteiger partial charge on any atom is 0.329 e. The summed E-state index contributed by atoms with van der Waals surface area (Å²) in [5, 5.41) is 2.76. The third kappa shape index (κ3) is 7.65. The van der Waals surface area contributed by atoms with E-state index in [9.17, 15) is 9.59 Å². The Morgan fingerprint density at radius 1 is 1.37 bits per heavy atom. The second-order valence-electron chi connectivity index (χ2n) is 5.79. The molecular formula is C15H27NO3. The maximum absolute atomic E-state index is 12.1. The fraction of sp³-hybridized carbons (Fsp3) is 0.733. The van der Waals surface area contributed by atoms with E-state index in [1.54, 1.807) is 6.08 Å². The average molecular weight is 269 g/mol. The molecule has 0 aromatic heterocycles. The van der Waals surface area contributed by atoms with Gasteiger partial charge in [-0.15, -0.1) is 6.58 Å². The Kier molecular flexibility index (Phi) is 7.42. The van der Waals surface area contributed by atoms with Crippen LogP contribution in [0.3, 0.4) is 0 Å². The van der Waals surface area contributed by atoms with Crippen molar-refractivity contribution in [2.75, 3.05) is 0 Å². The first kappa shape index (κ1) is 17.7. The van der Waals surface area contributed by atoms with Crippen molar-refractivity contribution in [1.82, 2.24) is 5.32 Å². The highest BCUT2D eigenvalue weighted by Gasteiger charge is 2.30. The number of hydrogen-bond donors (Lipinski definition) is 1. The lowest BCUT2D eigenvalue weighted by molar-refractivity contribution is -0.160. The summed E-state index contributed by atoms with van der Waals surface area (Å²) in [6.45, 7) is 12.9. The Bertz CT molecular complexity index is 318. The van der Waals surface area contributed by atoms with Crippen molar-refractivity contribution in [1.29, 1.82) is 0 Å². The van der Waals surface area contributed by atoms with Crippen LogP contribution in [0.1, 0.15) is 53.9 Å². The molecule has 0 fully saturated rings. The second kappa shape index (κ2) is 7.97. The molecule has 0 aromatic rings. The molecule has 19 heavy (non-hydrogen) atoms. The van der Waals surface area contributed by atoms with E-state index < -0.39 is 11.6 Å². The number of carbonyl (C=O) groups is 2. The Morgan fingerprint density at radius 2 is 1.95 bits per heavy atom. The second-order valence-corrected chi connectivity index (χ2v) is 5.79. The van der Waals surface area contributed by atoms with E-state index in [0.717, 1.165) is 6.42 Å². The summed E-state index contributed by atoms with van der Waals surface area (Å²) in [4.78, 5) is 23.8. The SMILES string of the molecule is C=CCCC(=O)N[C@H](C(=O)OC(C)(C)C)[C@@H](C)CC. The number of nitrogens with one attached hydrogen (secondary N) is 1. The number of hydrogen-bond acceptors (Lipinski definition) is 3. The minimum Gasteiger partial charge on any atom is -0.458 e. The summed E-state index contributed by atoms with van der Waals surface area (Å²) in [5.74, 6) is -0.465. The lowest BCUT2D eigenvalue weighted by atomic mass is 9.98. The van der Waals surface area contributed by atoms with Gasteiger partial charge in [0.25, 0.3) is 0 Å². The molecule has 0 radical (unpaired) electrons. The summed E-state index contributed by atoms with van der Waals surface area (Å²) < 4.78 is 5.35. The molecule has 0 aromatic carbocycles. The number of amides is 1. The van der Waals surface area contributed by atoms with Gasteiger partial charge in [0, 0.05) is 6.42 Å². The molecule has 4 nitrogen and oxygen atoms in total. The standard InChI is InChI=1S/C15H27NO3/c1-7-9-10-12(17)16-13(11(3)8-2)14(18)19-15(4,5)6/h7,11,13H,1,8-10H2,2-6H3,(H,16,17)/t11-,13-/m0/s1. The highest BCUT2D eigenvalue weighted by Crippen LogP contribution is 2.15. The van der Waals surface area contributed by atoms with Crippen LogP contribution in [-0.2, 0) is 14.3 Å². The Morgan fingerprint density at radius 3 is 2.37 bits per heavy atom. The van der Waals surface area contributed by atoms with Crippen molar-refractivity contribution >= 4 is 11.9 Å². The maximum atomic E-state index is 12.1. The Hall–Kier alpha value is -1.32. The molecule has 0 aliphatic rings. The van der Waals surface area contributed by atoms with Crippen molar-refractivity contribution in [3.8, 4) is 0 Å². The zero-order valence-electron chi connectivity index (χ0n) is 12.8. The van der Waals surface area contributed by atoms with E-state index in [4.69, 9.17) is 4.74 Å². The first-order chi connectivity index (χ1) is 8.71. The van der Waals surface area contributed by atoms with Crippen molar-refractivity contribution in [2.24, 2.45) is 5.92 Å². The molecule has 0 spiro atoms. The van der Waals surface area contributed by atoms with Crippen molar-refractivity contribution in [3.63, 3.8) is 0 Å². The van der Waals surface area contributed by atoms with Gasteiger partial charge in [0.1, 0.15) is 11.6 Å². The molecule has 1 N–H and O–H groups in total. The normalized spacial score (nSPS) is 14.4. The molecule has 0 heterocycles. The molecule has 0 rings (SSSR count). The molecule has 0 saturated carbocycles. The number of esters is 1. The number of allylic oxidation sites excluding steroid dienone is 1. The van der Waals surface area contributed by atoms with Gasteiger partial charge in [0.2, 0.25) is 5.91 Å². The monoisotopic (exact) mass is 269 g/mol. The van der Waals surface area contributed by atoms with Crippen molar-refractivity contribution < 1.29 is 14.3 Å². The molecule has 0 bridgehead atoms. The van der Waals surface area contributed by atoms with Gasteiger partial charge in [0.15, 0.2) is 0 Å². The van der Waals surface area contributed by atoms with Crippen molar-refractivity contribution in [3.05, 3.63) is 12.7 Å². The highest BCUT2D eigenvalue weighted by molar-refractivity contribution is 5.84. The fourth-order valence-corrected chi connectivity index (χ4v) is 1.51. The van der Waals surface area contributed by atoms with E-state index in [1.807, 2.05) is 34.6 Å². The minimum absolute atomic E-state index is 0.0440. The molecule has 4 heteroatoms. The third-order valence-corrected chi connectivity index (χ3v) is 2.77. The van der Waals surface area contributed by atoms with Crippen LogP contribution in [0.2, 0.25) is 0 Å². The number of carbonyl (C=O) groups excluding carboxylic acids is 2. The van der Waals surface area contributed by atoms with Crippen LogP contribution in [-0.4, -0.2) is 23.5 Å². The summed E-state index contributed by atoms with van der Waals surface area (Å²) in [6.07, 6.45) is 3.43. The zero-order valence-corrected chi connectivity index (χ0v) is 12.8. The van der Waals surface area contributed by atoms with Gasteiger partial charge in [0.05, 0.1) is 0 Å². The zero-order chi connectivity index (χ0) is 15.1. The predicted octanol–water partition coefficient (Wildman–Crippen LogP) is 2.83. The van der Waals surface area contributed by atoms with Gasteiger partial charge < -0.3 is 10.1 Å². The largest absolute Gasteiger partial charge is 0.458 e. The highest BCUT2D eigenvalue weighted by atomic mass is 16.6. The quantitative estimate of drug-likeness (QED) is 0.571. The van der Waals surface area contributed by atoms with E-state index >= 15 is 0 Å². The van der Waals surface area contributed by atoms with Gasteiger partial charge in [-0.3, -0.25) is 4.79 Å². The Balaban J connectivity index is 4.67. The fourth-order valence-electron chi connectivity index (χ4n) is 1.51. The summed E-state index contributed by atoms with van der Waals surface area (Å²) >= 11 is 0. The molecule has 0 aliphatic carbocycles. The first-order valence-electron chi connectivity index (χ1n) is 6.84. The van der Waals surface area contributed by atoms with Crippen LogP contribution < -0.4 is 5.32 Å². The molecule has 1 amide bonds. The lowest BCUT2D eigenvalue weighted by Gasteiger charge is -2.27. The first-order valence-corrected chi connectivity index (χ1v) is 6.84. The molecule has 0 aliphatic heterocycles. The molecular weight excluding hydrogens is 242 g/mol. The summed E-state index contributed by atoms with van der Waals surface area (Å²) in [6, 6.07) is -0.582. The number of ether oxygens (including phenoxy) is 1. The molecule has 110 valence electrons. The third-order valence-electron chi connectivity index (χ3n) is 2.77. The van der Waals surface area contributed by atoms with Gasteiger partial charge in [-0.2, -0.15) is 0 Å². The summed E-state index contributed by atoms with van der Waals surface area (Å²) in [7, 11) is 0. The van der Waals surface area contributed by atoms with Crippen LogP contribution in [0, 0.1) is 5.92 Å².